The van der Waals surface area contributed by atoms with E-state index in [4.69, 9.17) is 0 Å². The van der Waals surface area contributed by atoms with E-state index >= 15 is 0 Å². The van der Waals surface area contributed by atoms with Gasteiger partial charge in [0.05, 0.1) is 0 Å². The predicted octanol–water partition coefficient (Wildman–Crippen LogP) is 6.03. The number of nitrogens with zero attached hydrogens (tertiary/aromatic N) is 1. The van der Waals surface area contributed by atoms with Gasteiger partial charge in [0, 0.05) is 42.8 Å². The van der Waals surface area contributed by atoms with Crippen LogP contribution in [-0.2, 0) is 16.2 Å². The van der Waals surface area contributed by atoms with Crippen molar-refractivity contribution in [2.75, 3.05) is 13.1 Å². The molecule has 5 fully saturated rings. The van der Waals surface area contributed by atoms with Crippen LogP contribution in [-0.4, -0.2) is 38.6 Å². The van der Waals surface area contributed by atoms with Crippen molar-refractivity contribution >= 4 is 17.3 Å². The van der Waals surface area contributed by atoms with Crippen molar-refractivity contribution in [3.8, 4) is 0 Å². The van der Waals surface area contributed by atoms with E-state index in [9.17, 15) is 9.35 Å². The summed E-state index contributed by atoms with van der Waals surface area (Å²) in [5, 5.41) is 3.44. The highest BCUT2D eigenvalue weighted by Crippen LogP contribution is 2.55. The maximum atomic E-state index is 13.4. The maximum Gasteiger partial charge on any atom is 0.220 e. The van der Waals surface area contributed by atoms with Crippen molar-refractivity contribution in [1.82, 2.24) is 9.62 Å². The minimum atomic E-state index is -1.12. The fourth-order valence-corrected chi connectivity index (χ4v) is 9.07. The molecule has 3 atom stereocenters. The molecule has 5 heteroatoms. The van der Waals surface area contributed by atoms with Gasteiger partial charge in [-0.1, -0.05) is 43.0 Å². The zero-order valence-corrected chi connectivity index (χ0v) is 22.3. The van der Waals surface area contributed by atoms with Crippen molar-refractivity contribution in [2.24, 2.45) is 23.7 Å². The maximum absolute atomic E-state index is 13.4. The zero-order valence-electron chi connectivity index (χ0n) is 21.5. The van der Waals surface area contributed by atoms with Gasteiger partial charge < -0.3 is 9.87 Å². The van der Waals surface area contributed by atoms with Crippen molar-refractivity contribution in [3.05, 3.63) is 61.3 Å². The van der Waals surface area contributed by atoms with E-state index in [1.54, 1.807) is 6.08 Å². The Bertz CT molecular complexity index is 825. The monoisotopic (exact) mass is 496 g/mol. The number of carbonyl (C=O) groups excluding carboxylic acids is 1. The van der Waals surface area contributed by atoms with Gasteiger partial charge in [0.25, 0.3) is 0 Å². The van der Waals surface area contributed by atoms with Crippen LogP contribution >= 0.6 is 0 Å². The van der Waals surface area contributed by atoms with Crippen LogP contribution < -0.4 is 5.32 Å². The van der Waals surface area contributed by atoms with Crippen LogP contribution in [0.2, 0.25) is 0 Å². The summed E-state index contributed by atoms with van der Waals surface area (Å²) in [6, 6.07) is 0. The Hall–Kier alpha value is -1.56. The Labute approximate surface area is 216 Å². The van der Waals surface area contributed by atoms with Crippen LogP contribution in [0.15, 0.2) is 61.3 Å². The smallest absolute Gasteiger partial charge is 0.220 e. The van der Waals surface area contributed by atoms with Gasteiger partial charge in [-0.05, 0) is 93.6 Å². The highest BCUT2D eigenvalue weighted by atomic mass is 32.2. The van der Waals surface area contributed by atoms with E-state index in [1.807, 2.05) is 25.2 Å². The molecule has 5 aliphatic rings. The molecule has 4 saturated carbocycles. The molecule has 0 radical (unpaired) electrons. The van der Waals surface area contributed by atoms with Crippen LogP contribution in [0.1, 0.15) is 71.1 Å². The molecule has 0 aromatic carbocycles. The lowest BCUT2D eigenvalue weighted by atomic mass is 9.53. The standard InChI is InChI=1S/C30H44N2O2S/c1-4-8-23(9-5-2)11-7-12-28(10-6-3)35(34)32-14-13-24(22-32)18-29(33)31-30-19-25-15-26(20-30)17-27(16-25)21-30/h4-9,12,24-28H,1,3,10-11,13-22H2,2H3,(H,31,33)/b9-5-,12-7-,23-8+. The minimum absolute atomic E-state index is 0.0808. The number of rotatable bonds is 12. The van der Waals surface area contributed by atoms with Crippen LogP contribution in [0.5, 0.6) is 0 Å². The summed E-state index contributed by atoms with van der Waals surface area (Å²) in [5.41, 5.74) is 1.26. The van der Waals surface area contributed by atoms with Crippen LogP contribution in [0, 0.1) is 23.7 Å². The third-order valence-electron chi connectivity index (χ3n) is 8.49. The minimum Gasteiger partial charge on any atom is -0.597 e. The SMILES string of the molecule is C=C/C=C(\C=C/C)C/C=C\C(CC=C)[S+]([O-])N1CCC(CC(=O)NC23CC4CC(CC(C4)C2)C3)C1. The van der Waals surface area contributed by atoms with Crippen LogP contribution in [0.25, 0.3) is 0 Å². The Morgan fingerprint density at radius 1 is 1.20 bits per heavy atom. The molecular formula is C30H44N2O2S. The molecule has 35 heavy (non-hydrogen) atoms. The van der Waals surface area contributed by atoms with Crippen LogP contribution in [0.4, 0.5) is 0 Å². The lowest BCUT2D eigenvalue weighted by Gasteiger charge is -2.57. The summed E-state index contributed by atoms with van der Waals surface area (Å²) in [7, 11) is 0. The first-order valence-electron chi connectivity index (χ1n) is 13.6. The molecule has 1 N–H and O–H groups in total. The number of nitrogens with one attached hydrogen (secondary N) is 1. The van der Waals surface area contributed by atoms with Gasteiger partial charge in [0.15, 0.2) is 5.25 Å². The van der Waals surface area contributed by atoms with Gasteiger partial charge in [-0.3, -0.25) is 4.79 Å². The summed E-state index contributed by atoms with van der Waals surface area (Å²) in [4.78, 5) is 13.1. The molecule has 0 aromatic heterocycles. The van der Waals surface area contributed by atoms with Crippen molar-refractivity contribution in [3.63, 3.8) is 0 Å². The van der Waals surface area contributed by atoms with E-state index in [-0.39, 0.29) is 22.6 Å². The highest BCUT2D eigenvalue weighted by Gasteiger charge is 2.51. The Morgan fingerprint density at radius 2 is 1.89 bits per heavy atom. The molecule has 3 unspecified atom stereocenters. The van der Waals surface area contributed by atoms with Gasteiger partial charge in [-0.15, -0.1) is 10.9 Å². The van der Waals surface area contributed by atoms with Crippen molar-refractivity contribution in [2.45, 2.75) is 81.9 Å². The second-order valence-electron chi connectivity index (χ2n) is 11.4. The molecular weight excluding hydrogens is 452 g/mol. The topological polar surface area (TPSA) is 55.4 Å². The summed E-state index contributed by atoms with van der Waals surface area (Å²) >= 11 is -1.12. The van der Waals surface area contributed by atoms with Crippen LogP contribution in [0.3, 0.4) is 0 Å². The molecule has 5 rings (SSSR count). The van der Waals surface area contributed by atoms with E-state index in [0.717, 1.165) is 43.7 Å². The molecule has 0 spiro atoms. The van der Waals surface area contributed by atoms with E-state index < -0.39 is 11.4 Å². The summed E-state index contributed by atoms with van der Waals surface area (Å²) in [6.07, 6.45) is 24.7. The summed E-state index contributed by atoms with van der Waals surface area (Å²) in [6.45, 7) is 11.2. The zero-order chi connectivity index (χ0) is 24.8. The number of amides is 1. The van der Waals surface area contributed by atoms with Gasteiger partial charge in [-0.25, -0.2) is 0 Å². The first-order valence-corrected chi connectivity index (χ1v) is 14.8. The van der Waals surface area contributed by atoms with E-state index in [1.165, 1.54) is 44.1 Å². The average molecular weight is 497 g/mol. The normalized spacial score (nSPS) is 34.5. The molecule has 1 heterocycles. The fourth-order valence-electron chi connectivity index (χ4n) is 7.50. The van der Waals surface area contributed by atoms with Gasteiger partial charge in [-0.2, -0.15) is 0 Å². The number of hydrogen-bond acceptors (Lipinski definition) is 3. The fraction of sp³-hybridized carbons (Fsp3) is 0.633. The van der Waals surface area contributed by atoms with Gasteiger partial charge >= 0.3 is 0 Å². The highest BCUT2D eigenvalue weighted by molar-refractivity contribution is 7.89. The third kappa shape index (κ3) is 6.81. The molecule has 192 valence electrons. The van der Waals surface area contributed by atoms with Gasteiger partial charge in [0.1, 0.15) is 0 Å². The summed E-state index contributed by atoms with van der Waals surface area (Å²) in [5.74, 6) is 3.02. The Morgan fingerprint density at radius 3 is 2.49 bits per heavy atom. The predicted molar refractivity (Wildman–Crippen MR) is 147 cm³/mol. The van der Waals surface area contributed by atoms with Gasteiger partial charge in [0.2, 0.25) is 5.91 Å². The Kier molecular flexibility index (Phi) is 9.18. The van der Waals surface area contributed by atoms with Crippen molar-refractivity contribution < 1.29 is 9.35 Å². The lowest BCUT2D eigenvalue weighted by molar-refractivity contribution is -0.127. The average Bonchev–Trinajstić information content (AvgIpc) is 3.25. The van der Waals surface area contributed by atoms with E-state index in [2.05, 4.69) is 41.0 Å². The molecule has 0 aromatic rings. The second-order valence-corrected chi connectivity index (χ2v) is 13.1. The number of hydrogen-bond donors (Lipinski definition) is 1. The second kappa shape index (κ2) is 12.1. The Balaban J connectivity index is 1.27. The largest absolute Gasteiger partial charge is 0.597 e. The first kappa shape index (κ1) is 26.5. The molecule has 4 bridgehead atoms. The quantitative estimate of drug-likeness (QED) is 0.204. The number of carbonyl (C=O) groups is 1. The molecule has 1 amide bonds. The molecule has 1 aliphatic heterocycles. The first-order chi connectivity index (χ1) is 16.9. The molecule has 4 aliphatic carbocycles. The third-order valence-corrected chi connectivity index (χ3v) is 10.2. The number of allylic oxidation sites excluding steroid dienone is 7. The lowest BCUT2D eigenvalue weighted by Crippen LogP contribution is -2.60. The summed E-state index contributed by atoms with van der Waals surface area (Å²) < 4.78 is 15.5. The molecule has 1 saturated heterocycles. The molecule has 4 nitrogen and oxygen atoms in total. The van der Waals surface area contributed by atoms with Crippen molar-refractivity contribution in [1.29, 1.82) is 0 Å². The van der Waals surface area contributed by atoms with E-state index in [0.29, 0.717) is 12.8 Å².